The first-order valence-electron chi connectivity index (χ1n) is 7.81. The van der Waals surface area contributed by atoms with Crippen molar-refractivity contribution in [2.24, 2.45) is 0 Å². The van der Waals surface area contributed by atoms with Crippen molar-refractivity contribution in [1.82, 2.24) is 10.3 Å². The summed E-state index contributed by atoms with van der Waals surface area (Å²) in [5, 5.41) is 3.37. The number of halogens is 1. The highest BCUT2D eigenvalue weighted by molar-refractivity contribution is 5.15. The molecule has 116 valence electrons. The summed E-state index contributed by atoms with van der Waals surface area (Å²) in [6.07, 6.45) is 6.65. The number of hydrogen-bond acceptors (Lipinski definition) is 4. The maximum atomic E-state index is 13.4. The van der Waals surface area contributed by atoms with E-state index in [1.54, 1.807) is 6.20 Å². The molecule has 5 heteroatoms. The van der Waals surface area contributed by atoms with E-state index in [1.165, 1.54) is 12.3 Å². The Hall–Kier alpha value is -1.04. The van der Waals surface area contributed by atoms with Gasteiger partial charge in [-0.15, -0.1) is 0 Å². The lowest BCUT2D eigenvalue weighted by Gasteiger charge is -2.46. The number of nitrogens with zero attached hydrogens (tertiary/aromatic N) is 1. The normalized spacial score (nSPS) is 28.7. The van der Waals surface area contributed by atoms with E-state index in [4.69, 9.17) is 9.47 Å². The predicted octanol–water partition coefficient (Wildman–Crippen LogP) is 2.60. The van der Waals surface area contributed by atoms with E-state index < -0.39 is 0 Å². The number of rotatable bonds is 3. The van der Waals surface area contributed by atoms with Gasteiger partial charge >= 0.3 is 0 Å². The fourth-order valence-electron chi connectivity index (χ4n) is 3.51. The van der Waals surface area contributed by atoms with Gasteiger partial charge in [-0.2, -0.15) is 0 Å². The van der Waals surface area contributed by atoms with Crippen LogP contribution >= 0.6 is 0 Å². The van der Waals surface area contributed by atoms with Gasteiger partial charge in [0.25, 0.3) is 0 Å². The second-order valence-electron chi connectivity index (χ2n) is 5.99. The van der Waals surface area contributed by atoms with Gasteiger partial charge in [0.1, 0.15) is 5.82 Å². The highest BCUT2D eigenvalue weighted by Gasteiger charge is 2.43. The van der Waals surface area contributed by atoms with Gasteiger partial charge in [0, 0.05) is 31.2 Å². The number of nitrogens with one attached hydrogen (secondary N) is 1. The molecule has 1 aromatic heterocycles. The van der Waals surface area contributed by atoms with E-state index in [0.717, 1.165) is 44.3 Å². The molecule has 1 N–H and O–H groups in total. The minimum atomic E-state index is -0.311. The quantitative estimate of drug-likeness (QED) is 0.930. The number of pyridine rings is 1. The molecule has 3 heterocycles. The highest BCUT2D eigenvalue weighted by atomic mass is 19.1. The summed E-state index contributed by atoms with van der Waals surface area (Å²) in [7, 11) is 0. The van der Waals surface area contributed by atoms with E-state index in [0.29, 0.717) is 6.61 Å². The van der Waals surface area contributed by atoms with E-state index in [9.17, 15) is 4.39 Å². The number of ether oxygens (including phenoxy) is 2. The molecule has 21 heavy (non-hydrogen) atoms. The Labute approximate surface area is 125 Å². The van der Waals surface area contributed by atoms with Crippen LogP contribution in [0, 0.1) is 5.82 Å². The molecule has 0 aliphatic carbocycles. The summed E-state index contributed by atoms with van der Waals surface area (Å²) in [5.74, 6) is -0.311. The fourth-order valence-corrected chi connectivity index (χ4v) is 3.51. The molecule has 4 nitrogen and oxygen atoms in total. The third-order valence-corrected chi connectivity index (χ3v) is 4.48. The largest absolute Gasteiger partial charge is 0.378 e. The Morgan fingerprint density at radius 3 is 2.95 bits per heavy atom. The van der Waals surface area contributed by atoms with Crippen molar-refractivity contribution in [2.45, 2.75) is 50.4 Å². The topological polar surface area (TPSA) is 43.4 Å². The summed E-state index contributed by atoms with van der Waals surface area (Å²) in [6.45, 7) is 4.65. The number of aromatic nitrogens is 1. The average molecular weight is 294 g/mol. The van der Waals surface area contributed by atoms with Crippen LogP contribution in [-0.2, 0) is 9.47 Å². The highest BCUT2D eigenvalue weighted by Crippen LogP contribution is 2.42. The zero-order chi connectivity index (χ0) is 14.7. The van der Waals surface area contributed by atoms with Crippen LogP contribution < -0.4 is 5.32 Å². The van der Waals surface area contributed by atoms with Gasteiger partial charge < -0.3 is 14.8 Å². The fraction of sp³-hybridized carbons (Fsp3) is 0.688. The molecule has 2 atom stereocenters. The second-order valence-corrected chi connectivity index (χ2v) is 5.99. The Kier molecular flexibility index (Phi) is 4.52. The van der Waals surface area contributed by atoms with Crippen molar-refractivity contribution >= 4 is 0 Å². The number of piperidine rings is 1. The summed E-state index contributed by atoms with van der Waals surface area (Å²) >= 11 is 0. The van der Waals surface area contributed by atoms with E-state index in [2.05, 4.69) is 10.3 Å². The van der Waals surface area contributed by atoms with E-state index in [-0.39, 0.29) is 23.6 Å². The van der Waals surface area contributed by atoms with Crippen molar-refractivity contribution in [3.05, 3.63) is 29.8 Å². The minimum Gasteiger partial charge on any atom is -0.378 e. The van der Waals surface area contributed by atoms with Gasteiger partial charge in [0.15, 0.2) is 0 Å². The third kappa shape index (κ3) is 3.42. The molecule has 0 amide bonds. The lowest BCUT2D eigenvalue weighted by Crippen LogP contribution is -2.50. The van der Waals surface area contributed by atoms with Crippen molar-refractivity contribution < 1.29 is 13.9 Å². The van der Waals surface area contributed by atoms with Crippen LogP contribution in [0.25, 0.3) is 0 Å². The molecule has 2 fully saturated rings. The maximum Gasteiger partial charge on any atom is 0.141 e. The Balaban J connectivity index is 1.82. The van der Waals surface area contributed by atoms with Gasteiger partial charge in [-0.25, -0.2) is 4.39 Å². The number of hydrogen-bond donors (Lipinski definition) is 1. The SMILES string of the molecule is CCOC1CC(c2cncc(F)c2)OC2(CCNCC2)C1. The van der Waals surface area contributed by atoms with E-state index in [1.807, 2.05) is 6.92 Å². The standard InChI is InChI=1S/C16H23FN2O2/c1-2-20-14-8-15(12-7-13(17)11-19-10-12)21-16(9-14)3-5-18-6-4-16/h7,10-11,14-15,18H,2-6,8-9H2,1H3. The maximum absolute atomic E-state index is 13.4. The van der Waals surface area contributed by atoms with Crippen LogP contribution in [0.1, 0.15) is 44.3 Å². The zero-order valence-corrected chi connectivity index (χ0v) is 12.5. The molecule has 2 aliphatic heterocycles. The van der Waals surface area contributed by atoms with Gasteiger partial charge in [-0.05, 0) is 38.9 Å². The van der Waals surface area contributed by atoms with Crippen LogP contribution in [0.15, 0.2) is 18.5 Å². The van der Waals surface area contributed by atoms with Gasteiger partial charge in [0.05, 0.1) is 24.0 Å². The molecule has 2 aliphatic rings. The second kappa shape index (κ2) is 6.38. The monoisotopic (exact) mass is 294 g/mol. The van der Waals surface area contributed by atoms with Gasteiger partial charge in [-0.3, -0.25) is 4.98 Å². The smallest absolute Gasteiger partial charge is 0.141 e. The molecule has 3 rings (SSSR count). The lowest BCUT2D eigenvalue weighted by atomic mass is 9.81. The molecule has 0 radical (unpaired) electrons. The molecule has 1 spiro atoms. The van der Waals surface area contributed by atoms with Gasteiger partial charge in [0.2, 0.25) is 0 Å². The van der Waals surface area contributed by atoms with Crippen molar-refractivity contribution in [3.8, 4) is 0 Å². The van der Waals surface area contributed by atoms with Crippen molar-refractivity contribution in [2.75, 3.05) is 19.7 Å². The molecular formula is C16H23FN2O2. The summed E-state index contributed by atoms with van der Waals surface area (Å²) < 4.78 is 25.7. The summed E-state index contributed by atoms with van der Waals surface area (Å²) in [6, 6.07) is 1.53. The molecule has 2 unspecified atom stereocenters. The summed E-state index contributed by atoms with van der Waals surface area (Å²) in [5.41, 5.74) is 0.678. The average Bonchev–Trinajstić information content (AvgIpc) is 2.48. The molecular weight excluding hydrogens is 271 g/mol. The minimum absolute atomic E-state index is 0.128. The van der Waals surface area contributed by atoms with E-state index >= 15 is 0 Å². The first kappa shape index (κ1) is 14.9. The Morgan fingerprint density at radius 2 is 2.24 bits per heavy atom. The van der Waals surface area contributed by atoms with Crippen LogP contribution in [0.3, 0.4) is 0 Å². The van der Waals surface area contributed by atoms with Crippen molar-refractivity contribution in [3.63, 3.8) is 0 Å². The van der Waals surface area contributed by atoms with Crippen molar-refractivity contribution in [1.29, 1.82) is 0 Å². The lowest BCUT2D eigenvalue weighted by molar-refractivity contribution is -0.185. The summed E-state index contributed by atoms with van der Waals surface area (Å²) in [4.78, 5) is 3.96. The zero-order valence-electron chi connectivity index (χ0n) is 12.5. The first-order valence-corrected chi connectivity index (χ1v) is 7.81. The van der Waals surface area contributed by atoms with Gasteiger partial charge in [-0.1, -0.05) is 0 Å². The third-order valence-electron chi connectivity index (χ3n) is 4.48. The van der Waals surface area contributed by atoms with Crippen LogP contribution in [0.5, 0.6) is 0 Å². The van der Waals surface area contributed by atoms with Crippen LogP contribution in [-0.4, -0.2) is 36.4 Å². The molecule has 0 bridgehead atoms. The first-order chi connectivity index (χ1) is 10.2. The van der Waals surface area contributed by atoms with Crippen LogP contribution in [0.4, 0.5) is 4.39 Å². The molecule has 0 aromatic carbocycles. The molecule has 0 saturated carbocycles. The molecule has 1 aromatic rings. The Morgan fingerprint density at radius 1 is 1.43 bits per heavy atom. The van der Waals surface area contributed by atoms with Crippen LogP contribution in [0.2, 0.25) is 0 Å². The molecule has 2 saturated heterocycles. The Bertz CT molecular complexity index is 477. The predicted molar refractivity (Wildman–Crippen MR) is 77.5 cm³/mol.